The third-order valence-electron chi connectivity index (χ3n) is 13.0. The molecule has 8 aliphatic rings. The average Bonchev–Trinajstić information content (AvgIpc) is 3.13. The number of esters is 2. The van der Waals surface area contributed by atoms with Crippen LogP contribution in [-0.4, -0.2) is 46.1 Å². The lowest BCUT2D eigenvalue weighted by molar-refractivity contribution is -0.155. The third-order valence-corrected chi connectivity index (χ3v) is 13.0. The second-order valence-corrected chi connectivity index (χ2v) is 14.0. The molecule has 8 rings (SSSR count). The van der Waals surface area contributed by atoms with Crippen LogP contribution in [0.5, 0.6) is 0 Å². The summed E-state index contributed by atoms with van der Waals surface area (Å²) in [4.78, 5) is 27.0. The number of fused-ring (bicyclic) bond motifs is 5. The van der Waals surface area contributed by atoms with Crippen molar-refractivity contribution < 1.29 is 28.9 Å². The molecular weight excluding hydrogens is 456 g/mol. The lowest BCUT2D eigenvalue weighted by atomic mass is 9.55. The predicted octanol–water partition coefficient (Wildman–Crippen LogP) is 4.03. The van der Waals surface area contributed by atoms with E-state index in [-0.39, 0.29) is 59.0 Å². The molecule has 0 aromatic carbocycles. The lowest BCUT2D eigenvalue weighted by Gasteiger charge is -2.45. The maximum Gasteiger partial charge on any atom is 0.334 e. The van der Waals surface area contributed by atoms with Gasteiger partial charge < -0.3 is 19.3 Å². The van der Waals surface area contributed by atoms with E-state index >= 15 is 0 Å². The minimum Gasteiger partial charge on any atom is -0.461 e. The summed E-state index contributed by atoms with van der Waals surface area (Å²) in [5.74, 6) is -0.687. The number of carbonyl (C=O) groups excluding carboxylic acids is 2. The smallest absolute Gasteiger partial charge is 0.334 e. The quantitative estimate of drug-likeness (QED) is 0.238. The molecule has 2 bridgehead atoms. The molecule has 0 radical (unpaired) electrons. The summed E-state index contributed by atoms with van der Waals surface area (Å²) in [5, 5.41) is 12.1. The summed E-state index contributed by atoms with van der Waals surface area (Å²) in [6, 6.07) is 0. The minimum atomic E-state index is -1.03. The van der Waals surface area contributed by atoms with E-state index in [2.05, 4.69) is 45.6 Å². The first-order valence-corrected chi connectivity index (χ1v) is 13.8. The third kappa shape index (κ3) is 1.95. The van der Waals surface area contributed by atoms with E-state index in [0.717, 1.165) is 19.3 Å². The van der Waals surface area contributed by atoms with Crippen molar-refractivity contribution in [2.24, 2.45) is 39.9 Å². The first-order valence-electron chi connectivity index (χ1n) is 13.8. The molecule has 6 nitrogen and oxygen atoms in total. The number of hydrogen-bond donors (Lipinski definition) is 1. The maximum absolute atomic E-state index is 14.3. The molecule has 0 aromatic rings. The topological polar surface area (TPSA) is 85.4 Å². The zero-order chi connectivity index (χ0) is 25.3. The van der Waals surface area contributed by atoms with Gasteiger partial charge in [0.05, 0.1) is 16.6 Å². The van der Waals surface area contributed by atoms with E-state index in [4.69, 9.17) is 14.2 Å². The van der Waals surface area contributed by atoms with E-state index in [1.807, 2.05) is 6.92 Å². The summed E-state index contributed by atoms with van der Waals surface area (Å²) in [7, 11) is 0. The van der Waals surface area contributed by atoms with Crippen molar-refractivity contribution in [1.29, 1.82) is 0 Å². The van der Waals surface area contributed by atoms with Gasteiger partial charge in [-0.1, -0.05) is 37.3 Å². The second-order valence-electron chi connectivity index (χ2n) is 14.0. The van der Waals surface area contributed by atoms with Crippen molar-refractivity contribution >= 4 is 11.9 Å². The number of rotatable bonds is 0. The Morgan fingerprint density at radius 3 is 2.61 bits per heavy atom. The molecule has 0 aromatic heterocycles. The van der Waals surface area contributed by atoms with E-state index in [1.165, 1.54) is 5.57 Å². The summed E-state index contributed by atoms with van der Waals surface area (Å²) >= 11 is 0. The number of hydrogen-bond acceptors (Lipinski definition) is 6. The minimum absolute atomic E-state index is 0.0230. The zero-order valence-electron chi connectivity index (χ0n) is 21.6. The zero-order valence-corrected chi connectivity index (χ0v) is 21.6. The average molecular weight is 493 g/mol. The number of epoxide rings is 1. The maximum atomic E-state index is 14.3. The van der Waals surface area contributed by atoms with Gasteiger partial charge in [-0.05, 0) is 59.3 Å². The summed E-state index contributed by atoms with van der Waals surface area (Å²) in [6.45, 7) is 12.6. The van der Waals surface area contributed by atoms with Crippen molar-refractivity contribution in [2.75, 3.05) is 0 Å². The number of allylic oxidation sites excluding steroid dienone is 1. The molecule has 0 unspecified atom stereocenters. The Morgan fingerprint density at radius 1 is 1.06 bits per heavy atom. The highest BCUT2D eigenvalue weighted by Gasteiger charge is 2.85. The highest BCUT2D eigenvalue weighted by atomic mass is 16.6. The monoisotopic (exact) mass is 492 g/mol. The molecule has 3 aliphatic heterocycles. The molecule has 6 fully saturated rings. The molecule has 36 heavy (non-hydrogen) atoms. The molecule has 2 spiro atoms. The van der Waals surface area contributed by atoms with Gasteiger partial charge in [0.25, 0.3) is 0 Å². The van der Waals surface area contributed by atoms with Gasteiger partial charge in [0, 0.05) is 40.1 Å². The normalized spacial score (nSPS) is 61.5. The van der Waals surface area contributed by atoms with Crippen LogP contribution in [0.25, 0.3) is 0 Å². The Bertz CT molecular complexity index is 1230. The Labute approximate surface area is 212 Å². The highest BCUT2D eigenvalue weighted by Crippen LogP contribution is 2.81. The van der Waals surface area contributed by atoms with E-state index in [9.17, 15) is 14.7 Å². The molecule has 0 amide bonds. The van der Waals surface area contributed by atoms with E-state index in [0.29, 0.717) is 24.8 Å². The molecule has 3 heterocycles. The van der Waals surface area contributed by atoms with Gasteiger partial charge in [0.1, 0.15) is 17.8 Å². The fourth-order valence-corrected chi connectivity index (χ4v) is 11.0. The molecule has 3 saturated carbocycles. The van der Waals surface area contributed by atoms with Gasteiger partial charge >= 0.3 is 11.9 Å². The number of ether oxygens (including phenoxy) is 3. The van der Waals surface area contributed by atoms with Crippen LogP contribution in [0.3, 0.4) is 0 Å². The van der Waals surface area contributed by atoms with Crippen LogP contribution >= 0.6 is 0 Å². The number of aliphatic hydroxyl groups is 1. The van der Waals surface area contributed by atoms with Crippen molar-refractivity contribution in [2.45, 2.75) is 95.2 Å². The standard InChI is InChI=1S/C30H36O6/c1-15-6-11-30-19(15)21-18(8-10-27(30,5)36-30)29(24(32)35-21)14-28-13-12-25(29,3)22(28)20-17(7-9-26(28,4)33)16(2)23(31)34-20/h6,12-13,17-22,33H,2,7-11,14H2,1,3-5H3/t17-,18+,19+,20-,21-,22-,25+,26+,27-,28-,29-,30+/m0/s1. The first kappa shape index (κ1) is 22.1. The fourth-order valence-electron chi connectivity index (χ4n) is 11.0. The van der Waals surface area contributed by atoms with Gasteiger partial charge in [-0.2, -0.15) is 0 Å². The summed E-state index contributed by atoms with van der Waals surface area (Å²) in [5.41, 5.74) is -1.71. The van der Waals surface area contributed by atoms with Crippen LogP contribution in [-0.2, 0) is 23.8 Å². The van der Waals surface area contributed by atoms with Crippen LogP contribution in [0.15, 0.2) is 36.0 Å². The Balaban J connectivity index is 1.31. The molecule has 1 N–H and O–H groups in total. The van der Waals surface area contributed by atoms with Gasteiger partial charge in [-0.25, -0.2) is 4.79 Å². The van der Waals surface area contributed by atoms with Crippen LogP contribution in [0, 0.1) is 39.9 Å². The van der Waals surface area contributed by atoms with Crippen LogP contribution in [0.1, 0.15) is 66.2 Å². The molecule has 12 atom stereocenters. The predicted molar refractivity (Wildman–Crippen MR) is 129 cm³/mol. The molecule has 6 heteroatoms. The lowest BCUT2D eigenvalue weighted by Crippen LogP contribution is -2.49. The molecule has 192 valence electrons. The molecule has 5 aliphatic carbocycles. The second kappa shape index (κ2) is 5.88. The van der Waals surface area contributed by atoms with Crippen LogP contribution < -0.4 is 0 Å². The van der Waals surface area contributed by atoms with Crippen molar-refractivity contribution in [3.63, 3.8) is 0 Å². The van der Waals surface area contributed by atoms with Crippen molar-refractivity contribution in [3.05, 3.63) is 36.0 Å². The number of carbonyl (C=O) groups is 2. The fraction of sp³-hybridized carbons (Fsp3) is 0.733. The highest BCUT2D eigenvalue weighted by molar-refractivity contribution is 5.91. The summed E-state index contributed by atoms with van der Waals surface area (Å²) in [6.07, 6.45) is 10.4. The Hall–Kier alpha value is -1.92. The van der Waals surface area contributed by atoms with Crippen molar-refractivity contribution in [1.82, 2.24) is 0 Å². The molecule has 3 saturated heterocycles. The van der Waals surface area contributed by atoms with Crippen LogP contribution in [0.2, 0.25) is 0 Å². The molecular formula is C30H36O6. The van der Waals surface area contributed by atoms with E-state index in [1.54, 1.807) is 0 Å². The van der Waals surface area contributed by atoms with Crippen molar-refractivity contribution in [3.8, 4) is 0 Å². The first-order chi connectivity index (χ1) is 16.9. The van der Waals surface area contributed by atoms with Gasteiger partial charge in [0.2, 0.25) is 0 Å². The van der Waals surface area contributed by atoms with Gasteiger partial charge in [-0.15, -0.1) is 0 Å². The van der Waals surface area contributed by atoms with Gasteiger partial charge in [-0.3, -0.25) is 4.79 Å². The Morgan fingerprint density at radius 2 is 1.83 bits per heavy atom. The SMILES string of the molecule is C=C1C(=O)O[C@@H]2[C@@H]3[C@@]4(C=C[C@@]3(C)[C@]3(C4)C(=O)O[C@@H]4[C@H]5C(C)=CC[C@@]56O[C@@]6(C)CC[C@H]43)[C@](C)(O)CC[C@@H]12. The Kier molecular flexibility index (Phi) is 3.61. The van der Waals surface area contributed by atoms with E-state index < -0.39 is 21.8 Å². The van der Waals surface area contributed by atoms with Crippen LogP contribution in [0.4, 0.5) is 0 Å². The largest absolute Gasteiger partial charge is 0.461 e. The summed E-state index contributed by atoms with van der Waals surface area (Å²) < 4.78 is 19.0. The van der Waals surface area contributed by atoms with Gasteiger partial charge in [0.15, 0.2) is 0 Å².